The van der Waals surface area contributed by atoms with E-state index in [1.165, 1.54) is 0 Å². The lowest BCUT2D eigenvalue weighted by Crippen LogP contribution is -2.10. The van der Waals surface area contributed by atoms with Crippen LogP contribution in [-0.2, 0) is 0 Å². The first kappa shape index (κ1) is 21.5. The Morgan fingerprint density at radius 1 is 1.23 bits per heavy atom. The van der Waals surface area contributed by atoms with Crippen LogP contribution in [0.3, 0.4) is 0 Å². The predicted molar refractivity (Wildman–Crippen MR) is 123 cm³/mol. The summed E-state index contributed by atoms with van der Waals surface area (Å²) in [5, 5.41) is 5.55. The van der Waals surface area contributed by atoms with E-state index in [1.807, 2.05) is 24.3 Å². The summed E-state index contributed by atoms with van der Waals surface area (Å²) in [6, 6.07) is 9.43. The average molecular weight is 504 g/mol. The summed E-state index contributed by atoms with van der Waals surface area (Å²) in [5.74, 6) is 1.08. The normalized spacial score (nSPS) is 12.0. The standard InChI is InChI=1S/C15H12ClIN2OS.C4H11N/c1-2-21-14(17)13(20)8-3-5-11-10(7-8)9-4-6-12(16)19-15(9)18-11;1-3-5-4-2/h3-7,14H,2H2,1H3,(H,18,19);5H,3-4H2,1-2H3. The Bertz CT molecular complexity index is 882. The minimum atomic E-state index is -0.0529. The number of aromatic amines is 1. The Kier molecular flexibility index (Phi) is 8.66. The lowest BCUT2D eigenvalue weighted by atomic mass is 10.1. The van der Waals surface area contributed by atoms with Gasteiger partial charge >= 0.3 is 0 Å². The number of nitrogens with one attached hydrogen (secondary N) is 2. The van der Waals surface area contributed by atoms with Crippen LogP contribution < -0.4 is 5.32 Å². The number of carbonyl (C=O) groups is 1. The van der Waals surface area contributed by atoms with E-state index in [2.05, 4.69) is 58.6 Å². The second-order valence-corrected chi connectivity index (χ2v) is 9.37. The van der Waals surface area contributed by atoms with Crippen molar-refractivity contribution in [3.05, 3.63) is 41.0 Å². The first-order valence-electron chi connectivity index (χ1n) is 8.60. The van der Waals surface area contributed by atoms with Gasteiger partial charge in [-0.2, -0.15) is 0 Å². The molecule has 1 atom stereocenters. The van der Waals surface area contributed by atoms with Crippen LogP contribution >= 0.6 is 46.0 Å². The number of halogens is 2. The summed E-state index contributed by atoms with van der Waals surface area (Å²) in [6.45, 7) is 8.45. The number of rotatable bonds is 6. The highest BCUT2D eigenvalue weighted by Crippen LogP contribution is 2.29. The second kappa shape index (κ2) is 10.5. The smallest absolute Gasteiger partial charge is 0.185 e. The highest BCUT2D eigenvalue weighted by atomic mass is 127. The molecule has 1 aromatic carbocycles. The number of alkyl halides is 1. The third-order valence-corrected chi connectivity index (χ3v) is 6.42. The van der Waals surface area contributed by atoms with Crippen LogP contribution in [-0.4, -0.2) is 37.9 Å². The minimum absolute atomic E-state index is 0.0529. The van der Waals surface area contributed by atoms with Gasteiger partial charge in [-0.15, -0.1) is 11.8 Å². The van der Waals surface area contributed by atoms with Gasteiger partial charge in [0.05, 0.1) is 0 Å². The van der Waals surface area contributed by atoms with Crippen molar-refractivity contribution in [2.75, 3.05) is 18.8 Å². The van der Waals surface area contributed by atoms with E-state index in [4.69, 9.17) is 11.6 Å². The molecular formula is C19H23ClIN3OS. The largest absolute Gasteiger partial charge is 0.339 e. The number of H-pyrrole nitrogens is 1. The van der Waals surface area contributed by atoms with Crippen LogP contribution in [0.1, 0.15) is 31.1 Å². The molecule has 0 saturated carbocycles. The number of hydrogen-bond donors (Lipinski definition) is 2. The van der Waals surface area contributed by atoms with Crippen molar-refractivity contribution in [1.82, 2.24) is 15.3 Å². The van der Waals surface area contributed by atoms with Crippen molar-refractivity contribution < 1.29 is 4.79 Å². The van der Waals surface area contributed by atoms with E-state index in [9.17, 15) is 4.79 Å². The van der Waals surface area contributed by atoms with Crippen LogP contribution in [0.5, 0.6) is 0 Å². The van der Waals surface area contributed by atoms with Gasteiger partial charge < -0.3 is 10.3 Å². The van der Waals surface area contributed by atoms with E-state index in [0.717, 1.165) is 46.3 Å². The van der Waals surface area contributed by atoms with Gasteiger partial charge in [-0.05, 0) is 49.2 Å². The third-order valence-electron chi connectivity index (χ3n) is 3.73. The molecule has 1 unspecified atom stereocenters. The summed E-state index contributed by atoms with van der Waals surface area (Å²) in [6.07, 6.45) is 0. The molecule has 0 aliphatic heterocycles. The summed E-state index contributed by atoms with van der Waals surface area (Å²) in [5.41, 5.74) is 2.44. The molecule has 3 aromatic rings. The maximum Gasteiger partial charge on any atom is 0.185 e. The van der Waals surface area contributed by atoms with Gasteiger partial charge in [0.15, 0.2) is 5.78 Å². The van der Waals surface area contributed by atoms with E-state index < -0.39 is 0 Å². The fraction of sp³-hybridized carbons (Fsp3) is 0.368. The van der Waals surface area contributed by atoms with Crippen molar-refractivity contribution >= 4 is 73.7 Å². The first-order valence-corrected chi connectivity index (χ1v) is 11.3. The van der Waals surface area contributed by atoms with Crippen LogP contribution in [0.15, 0.2) is 30.3 Å². The number of benzene rings is 1. The average Bonchev–Trinajstić information content (AvgIpc) is 2.99. The Morgan fingerprint density at radius 3 is 2.58 bits per heavy atom. The molecule has 2 N–H and O–H groups in total. The molecule has 3 rings (SSSR count). The quantitative estimate of drug-likeness (QED) is 0.197. The van der Waals surface area contributed by atoms with Gasteiger partial charge in [-0.25, -0.2) is 4.98 Å². The van der Waals surface area contributed by atoms with Gasteiger partial charge in [0.1, 0.15) is 14.1 Å². The Morgan fingerprint density at radius 2 is 1.96 bits per heavy atom. The lowest BCUT2D eigenvalue weighted by molar-refractivity contribution is 0.101. The maximum atomic E-state index is 12.4. The zero-order valence-corrected chi connectivity index (χ0v) is 18.8. The van der Waals surface area contributed by atoms with Crippen molar-refractivity contribution in [2.24, 2.45) is 0 Å². The number of Topliss-reactive ketones (excluding diaryl/α,β-unsaturated/α-hetero) is 1. The van der Waals surface area contributed by atoms with E-state index in [-0.39, 0.29) is 9.04 Å². The molecule has 0 aliphatic rings. The lowest BCUT2D eigenvalue weighted by Gasteiger charge is -2.07. The Hall–Kier alpha value is -0.830. The molecule has 7 heteroatoms. The molecule has 0 fully saturated rings. The van der Waals surface area contributed by atoms with E-state index >= 15 is 0 Å². The summed E-state index contributed by atoms with van der Waals surface area (Å²) < 4.78 is -0.0529. The van der Waals surface area contributed by atoms with Crippen molar-refractivity contribution in [3.63, 3.8) is 0 Å². The van der Waals surface area contributed by atoms with Crippen molar-refractivity contribution in [1.29, 1.82) is 0 Å². The third kappa shape index (κ3) is 5.34. The van der Waals surface area contributed by atoms with Crippen LogP contribution in [0.25, 0.3) is 21.9 Å². The molecule has 26 heavy (non-hydrogen) atoms. The number of ketones is 1. The number of hydrogen-bond acceptors (Lipinski definition) is 4. The molecule has 2 heterocycles. The number of thioether (sulfide) groups is 1. The number of carbonyl (C=O) groups excluding carboxylic acids is 1. The zero-order valence-electron chi connectivity index (χ0n) is 15.1. The van der Waals surface area contributed by atoms with Gasteiger partial charge in [0.2, 0.25) is 0 Å². The number of nitrogens with zero attached hydrogens (tertiary/aromatic N) is 1. The first-order chi connectivity index (χ1) is 12.5. The molecule has 2 aromatic heterocycles. The molecule has 0 amide bonds. The molecule has 0 aliphatic carbocycles. The topological polar surface area (TPSA) is 57.8 Å². The zero-order chi connectivity index (χ0) is 19.1. The van der Waals surface area contributed by atoms with E-state index in [1.54, 1.807) is 17.8 Å². The van der Waals surface area contributed by atoms with Gasteiger partial charge in [-0.3, -0.25) is 4.79 Å². The molecule has 0 spiro atoms. The van der Waals surface area contributed by atoms with Gasteiger partial charge in [0, 0.05) is 21.9 Å². The highest BCUT2D eigenvalue weighted by molar-refractivity contribution is 14.1. The SMILES string of the molecule is CCNCC.CCSC(I)C(=O)c1ccc2[nH]c3nc(Cl)ccc3c2c1. The maximum absolute atomic E-state index is 12.4. The number of fused-ring (bicyclic) bond motifs is 3. The molecule has 0 radical (unpaired) electrons. The van der Waals surface area contributed by atoms with Crippen LogP contribution in [0.2, 0.25) is 5.15 Å². The number of aromatic nitrogens is 2. The van der Waals surface area contributed by atoms with Crippen molar-refractivity contribution in [3.8, 4) is 0 Å². The molecular weight excluding hydrogens is 481 g/mol. The second-order valence-electron chi connectivity index (χ2n) is 5.51. The van der Waals surface area contributed by atoms with Crippen LogP contribution in [0, 0.1) is 0 Å². The fourth-order valence-corrected chi connectivity index (χ4v) is 4.67. The predicted octanol–water partition coefficient (Wildman–Crippen LogP) is 5.68. The molecule has 4 nitrogen and oxygen atoms in total. The van der Waals surface area contributed by atoms with Gasteiger partial charge in [-0.1, -0.05) is 55.0 Å². The monoisotopic (exact) mass is 503 g/mol. The van der Waals surface area contributed by atoms with Crippen molar-refractivity contribution in [2.45, 2.75) is 24.0 Å². The highest BCUT2D eigenvalue weighted by Gasteiger charge is 2.17. The summed E-state index contributed by atoms with van der Waals surface area (Å²) >= 11 is 9.75. The summed E-state index contributed by atoms with van der Waals surface area (Å²) in [7, 11) is 0. The Balaban J connectivity index is 0.000000431. The fourth-order valence-electron chi connectivity index (χ4n) is 2.51. The molecule has 0 saturated heterocycles. The minimum Gasteiger partial charge on any atom is -0.339 e. The van der Waals surface area contributed by atoms with Crippen LogP contribution in [0.4, 0.5) is 0 Å². The van der Waals surface area contributed by atoms with E-state index in [0.29, 0.717) is 5.15 Å². The molecule has 140 valence electrons. The summed E-state index contributed by atoms with van der Waals surface area (Å²) in [4.78, 5) is 19.9. The Labute approximate surface area is 177 Å². The number of pyridine rings is 1. The molecule has 0 bridgehead atoms. The van der Waals surface area contributed by atoms with Gasteiger partial charge in [0.25, 0.3) is 0 Å².